The van der Waals surface area contributed by atoms with Crippen LogP contribution in [-0.2, 0) is 10.0 Å². The van der Waals surface area contributed by atoms with Crippen molar-refractivity contribution in [2.24, 2.45) is 5.14 Å². The fraction of sp³-hybridized carbons (Fsp3) is 0.0556. The van der Waals surface area contributed by atoms with Crippen molar-refractivity contribution in [1.29, 1.82) is 0 Å². The molecule has 0 aliphatic carbocycles. The van der Waals surface area contributed by atoms with E-state index >= 15 is 0 Å². The molecule has 4 aromatic rings. The van der Waals surface area contributed by atoms with Crippen LogP contribution in [0.5, 0.6) is 0 Å². The van der Waals surface area contributed by atoms with Crippen LogP contribution >= 0.6 is 0 Å². The molecule has 0 unspecified atom stereocenters. The number of hydrogen-bond donors (Lipinski definition) is 3. The molecule has 0 fully saturated rings. The molecule has 2 aromatic carbocycles. The first-order chi connectivity index (χ1) is 13.8. The molecule has 0 amide bonds. The zero-order valence-corrected chi connectivity index (χ0v) is 16.0. The van der Waals surface area contributed by atoms with E-state index in [1.165, 1.54) is 18.2 Å². The van der Waals surface area contributed by atoms with Gasteiger partial charge < -0.3 is 10.2 Å². The number of rotatable bonds is 5. The summed E-state index contributed by atoms with van der Waals surface area (Å²) in [5, 5.41) is 15.7. The standard InChI is InChI=1S/C18H16FN7O2S/c1-26(16-7-3-6-15-13(16)9-22-25-15)17-14(19)10-21-18(24-17)23-11-4-2-5-12(8-11)29(20,27)28/h2-10H,1H3,(H,22,25)(H2,20,27,28)(H,21,23,24). The second kappa shape index (κ2) is 7.11. The smallest absolute Gasteiger partial charge is 0.238 e. The fourth-order valence-electron chi connectivity index (χ4n) is 2.89. The number of nitrogens with one attached hydrogen (secondary N) is 2. The monoisotopic (exact) mass is 413 g/mol. The first kappa shape index (κ1) is 18.8. The number of anilines is 4. The molecule has 4 N–H and O–H groups in total. The third-order valence-corrected chi connectivity index (χ3v) is 5.20. The number of aromatic amines is 1. The number of nitrogens with zero attached hydrogens (tertiary/aromatic N) is 4. The highest BCUT2D eigenvalue weighted by Crippen LogP contribution is 2.31. The summed E-state index contributed by atoms with van der Waals surface area (Å²) < 4.78 is 37.5. The largest absolute Gasteiger partial charge is 0.326 e. The predicted molar refractivity (Wildman–Crippen MR) is 107 cm³/mol. The number of hydrogen-bond acceptors (Lipinski definition) is 7. The Bertz CT molecular complexity index is 1310. The van der Waals surface area contributed by atoms with Gasteiger partial charge in [-0.25, -0.2) is 22.9 Å². The lowest BCUT2D eigenvalue weighted by Gasteiger charge is -2.20. The molecule has 0 aliphatic heterocycles. The zero-order chi connectivity index (χ0) is 20.6. The lowest BCUT2D eigenvalue weighted by molar-refractivity contribution is 0.598. The molecule has 0 saturated heterocycles. The molecule has 4 rings (SSSR count). The minimum Gasteiger partial charge on any atom is -0.326 e. The summed E-state index contributed by atoms with van der Waals surface area (Å²) in [5.41, 5.74) is 1.91. The van der Waals surface area contributed by atoms with Gasteiger partial charge in [-0.3, -0.25) is 5.10 Å². The van der Waals surface area contributed by atoms with Gasteiger partial charge >= 0.3 is 0 Å². The predicted octanol–water partition coefficient (Wildman–Crippen LogP) is 2.65. The number of fused-ring (bicyclic) bond motifs is 1. The van der Waals surface area contributed by atoms with Crippen molar-refractivity contribution >= 4 is 44.1 Å². The van der Waals surface area contributed by atoms with E-state index in [9.17, 15) is 12.8 Å². The Labute approximate surface area is 165 Å². The third kappa shape index (κ3) is 3.73. The maximum Gasteiger partial charge on any atom is 0.238 e. The first-order valence-electron chi connectivity index (χ1n) is 8.41. The highest BCUT2D eigenvalue weighted by molar-refractivity contribution is 7.89. The van der Waals surface area contributed by atoms with Gasteiger partial charge in [0.15, 0.2) is 11.6 Å². The van der Waals surface area contributed by atoms with Gasteiger partial charge in [0.1, 0.15) is 0 Å². The molecule has 9 nitrogen and oxygen atoms in total. The number of benzene rings is 2. The molecule has 0 saturated carbocycles. The summed E-state index contributed by atoms with van der Waals surface area (Å²) in [7, 11) is -2.18. The molecule has 11 heteroatoms. The van der Waals surface area contributed by atoms with E-state index in [0.717, 1.165) is 17.1 Å². The Morgan fingerprint density at radius 2 is 1.97 bits per heavy atom. The maximum atomic E-state index is 14.5. The molecule has 0 bridgehead atoms. The van der Waals surface area contributed by atoms with E-state index in [4.69, 9.17) is 5.14 Å². The molecular formula is C18H16FN7O2S. The van der Waals surface area contributed by atoms with Crippen LogP contribution in [0.25, 0.3) is 10.9 Å². The topological polar surface area (TPSA) is 130 Å². The molecule has 0 atom stereocenters. The molecule has 2 aromatic heterocycles. The number of sulfonamides is 1. The molecule has 0 spiro atoms. The van der Waals surface area contributed by atoms with Crippen LogP contribution in [0.3, 0.4) is 0 Å². The third-order valence-electron chi connectivity index (χ3n) is 4.29. The summed E-state index contributed by atoms with van der Waals surface area (Å²) in [6.07, 6.45) is 2.69. The lowest BCUT2D eigenvalue weighted by Crippen LogP contribution is -2.15. The minimum absolute atomic E-state index is 0.0406. The minimum atomic E-state index is -3.86. The highest BCUT2D eigenvalue weighted by Gasteiger charge is 2.16. The van der Waals surface area contributed by atoms with Crippen LogP contribution in [-0.4, -0.2) is 35.6 Å². The van der Waals surface area contributed by atoms with E-state index in [1.54, 1.807) is 24.2 Å². The van der Waals surface area contributed by atoms with Crippen molar-refractivity contribution in [2.75, 3.05) is 17.3 Å². The summed E-state index contributed by atoms with van der Waals surface area (Å²) in [6, 6.07) is 11.4. The Hall–Kier alpha value is -3.57. The number of halogens is 1. The number of aromatic nitrogens is 4. The zero-order valence-electron chi connectivity index (χ0n) is 15.2. The van der Waals surface area contributed by atoms with Crippen LogP contribution in [0, 0.1) is 5.82 Å². The SMILES string of the molecule is CN(c1nc(Nc2cccc(S(N)(=O)=O)c2)ncc1F)c1cccc2[nH]ncc12. The molecule has 148 valence electrons. The van der Waals surface area contributed by atoms with Gasteiger partial charge in [-0.05, 0) is 30.3 Å². The normalized spacial score (nSPS) is 11.6. The quantitative estimate of drug-likeness (QED) is 0.458. The van der Waals surface area contributed by atoms with E-state index in [1.807, 2.05) is 18.2 Å². The average molecular weight is 413 g/mol. The summed E-state index contributed by atoms with van der Waals surface area (Å²) >= 11 is 0. The molecular weight excluding hydrogens is 397 g/mol. The van der Waals surface area contributed by atoms with Gasteiger partial charge in [0.25, 0.3) is 0 Å². The van der Waals surface area contributed by atoms with Crippen molar-refractivity contribution in [3.05, 3.63) is 60.7 Å². The van der Waals surface area contributed by atoms with E-state index in [2.05, 4.69) is 25.5 Å². The lowest BCUT2D eigenvalue weighted by atomic mass is 10.2. The van der Waals surface area contributed by atoms with Gasteiger partial charge in [-0.2, -0.15) is 10.1 Å². The fourth-order valence-corrected chi connectivity index (χ4v) is 3.45. The molecule has 0 aliphatic rings. The van der Waals surface area contributed by atoms with Crippen LogP contribution in [0.2, 0.25) is 0 Å². The Morgan fingerprint density at radius 1 is 1.17 bits per heavy atom. The first-order valence-corrected chi connectivity index (χ1v) is 9.96. The molecule has 0 radical (unpaired) electrons. The second-order valence-electron chi connectivity index (χ2n) is 6.23. The Morgan fingerprint density at radius 3 is 2.76 bits per heavy atom. The number of primary sulfonamides is 1. The summed E-state index contributed by atoms with van der Waals surface area (Å²) in [5.74, 6) is -0.477. The van der Waals surface area contributed by atoms with E-state index in [0.29, 0.717) is 11.4 Å². The van der Waals surface area contributed by atoms with Crippen molar-refractivity contribution in [3.63, 3.8) is 0 Å². The summed E-state index contributed by atoms with van der Waals surface area (Å²) in [4.78, 5) is 9.70. The molecule has 2 heterocycles. The van der Waals surface area contributed by atoms with Gasteiger partial charge in [-0.15, -0.1) is 0 Å². The van der Waals surface area contributed by atoms with Crippen molar-refractivity contribution in [3.8, 4) is 0 Å². The van der Waals surface area contributed by atoms with Crippen LogP contribution in [0.1, 0.15) is 0 Å². The number of H-pyrrole nitrogens is 1. The van der Waals surface area contributed by atoms with Crippen molar-refractivity contribution < 1.29 is 12.8 Å². The van der Waals surface area contributed by atoms with Gasteiger partial charge in [-0.1, -0.05) is 12.1 Å². The van der Waals surface area contributed by atoms with Gasteiger partial charge in [0.05, 0.1) is 28.5 Å². The van der Waals surface area contributed by atoms with Crippen LogP contribution in [0.15, 0.2) is 59.8 Å². The van der Waals surface area contributed by atoms with Gasteiger partial charge in [0, 0.05) is 18.1 Å². The Balaban J connectivity index is 1.69. The van der Waals surface area contributed by atoms with Gasteiger partial charge in [0.2, 0.25) is 16.0 Å². The Kier molecular flexibility index (Phi) is 4.60. The summed E-state index contributed by atoms with van der Waals surface area (Å²) in [6.45, 7) is 0. The van der Waals surface area contributed by atoms with E-state index < -0.39 is 15.8 Å². The van der Waals surface area contributed by atoms with E-state index in [-0.39, 0.29) is 16.7 Å². The highest BCUT2D eigenvalue weighted by atomic mass is 32.2. The second-order valence-corrected chi connectivity index (χ2v) is 7.79. The van der Waals surface area contributed by atoms with Crippen molar-refractivity contribution in [1.82, 2.24) is 20.2 Å². The van der Waals surface area contributed by atoms with Crippen molar-refractivity contribution in [2.45, 2.75) is 4.90 Å². The maximum absolute atomic E-state index is 14.5. The van der Waals surface area contributed by atoms with Crippen LogP contribution in [0.4, 0.5) is 27.5 Å². The number of nitrogens with two attached hydrogens (primary N) is 1. The average Bonchev–Trinajstić information content (AvgIpc) is 3.17. The van der Waals surface area contributed by atoms with Crippen LogP contribution < -0.4 is 15.4 Å². The molecule has 29 heavy (non-hydrogen) atoms.